The van der Waals surface area contributed by atoms with E-state index in [0.29, 0.717) is 22.4 Å². The summed E-state index contributed by atoms with van der Waals surface area (Å²) >= 11 is 12.0. The number of benzene rings is 1. The smallest absolute Gasteiger partial charge is 0.183 e. The maximum absolute atomic E-state index is 14.3. The van der Waals surface area contributed by atoms with E-state index in [2.05, 4.69) is 25.6 Å². The maximum Gasteiger partial charge on any atom is 0.183 e. The number of hydrogen-bond donors (Lipinski definition) is 2. The highest BCUT2D eigenvalue weighted by molar-refractivity contribution is 6.30. The van der Waals surface area contributed by atoms with Gasteiger partial charge in [0.05, 0.1) is 23.2 Å². The average Bonchev–Trinajstić information content (AvgIpc) is 3.07. The van der Waals surface area contributed by atoms with Gasteiger partial charge in [-0.25, -0.2) is 19.3 Å². The molecule has 0 bridgehead atoms. The van der Waals surface area contributed by atoms with E-state index in [1.807, 2.05) is 25.1 Å². The Kier molecular flexibility index (Phi) is 4.85. The van der Waals surface area contributed by atoms with Crippen molar-refractivity contribution in [1.29, 1.82) is 0 Å². The Labute approximate surface area is 166 Å². The van der Waals surface area contributed by atoms with Crippen LogP contribution in [0, 0.1) is 5.82 Å². The lowest BCUT2D eigenvalue weighted by atomic mass is 10.0. The van der Waals surface area contributed by atoms with Crippen LogP contribution in [-0.2, 0) is 0 Å². The van der Waals surface area contributed by atoms with E-state index in [9.17, 15) is 4.39 Å². The van der Waals surface area contributed by atoms with Gasteiger partial charge < -0.3 is 10.6 Å². The first kappa shape index (κ1) is 17.9. The molecule has 8 heteroatoms. The van der Waals surface area contributed by atoms with Crippen molar-refractivity contribution in [2.24, 2.45) is 0 Å². The molecular formula is C19H16Cl2FN5. The molecule has 2 unspecified atom stereocenters. The predicted molar refractivity (Wildman–Crippen MR) is 105 cm³/mol. The first-order chi connectivity index (χ1) is 13.0. The molecular weight excluding hydrogens is 388 g/mol. The minimum Gasteiger partial charge on any atom is -0.369 e. The standard InChI is InChI=1S/C19H16Cl2FN5/c1-10(11-2-4-12(20)5-3-11)26-19-16(22)9-25-18(27-19)15-8-24-17-14(15)6-13(21)7-23-17/h2-7,9-10,15H,8H2,1H3,(H,23,24)(H,25,26,27). The van der Waals surface area contributed by atoms with E-state index in [0.717, 1.165) is 16.9 Å². The number of halogens is 3. The van der Waals surface area contributed by atoms with Crippen molar-refractivity contribution in [3.63, 3.8) is 0 Å². The third-order valence-electron chi connectivity index (χ3n) is 4.53. The molecule has 0 aliphatic carbocycles. The van der Waals surface area contributed by atoms with Gasteiger partial charge >= 0.3 is 0 Å². The van der Waals surface area contributed by atoms with Crippen molar-refractivity contribution in [2.75, 3.05) is 17.2 Å². The van der Waals surface area contributed by atoms with Gasteiger partial charge in [0, 0.05) is 23.3 Å². The molecule has 1 aromatic carbocycles. The molecule has 0 saturated carbocycles. The van der Waals surface area contributed by atoms with Crippen LogP contribution >= 0.6 is 23.2 Å². The molecule has 2 atom stereocenters. The zero-order valence-electron chi connectivity index (χ0n) is 14.4. The van der Waals surface area contributed by atoms with Crippen LogP contribution in [0.3, 0.4) is 0 Å². The summed E-state index contributed by atoms with van der Waals surface area (Å²) in [6.07, 6.45) is 2.78. The summed E-state index contributed by atoms with van der Waals surface area (Å²) in [5.41, 5.74) is 1.88. The van der Waals surface area contributed by atoms with Crippen molar-refractivity contribution < 1.29 is 4.39 Å². The van der Waals surface area contributed by atoms with Crippen LogP contribution in [-0.4, -0.2) is 21.5 Å². The Balaban J connectivity index is 1.61. The molecule has 1 aliphatic rings. The largest absolute Gasteiger partial charge is 0.369 e. The molecule has 0 amide bonds. The second kappa shape index (κ2) is 7.29. The predicted octanol–water partition coefficient (Wildman–Crippen LogP) is 5.05. The summed E-state index contributed by atoms with van der Waals surface area (Å²) in [5, 5.41) is 7.51. The Hall–Kier alpha value is -2.44. The third kappa shape index (κ3) is 3.68. The molecule has 4 rings (SSSR count). The van der Waals surface area contributed by atoms with Crippen LogP contribution in [0.2, 0.25) is 10.0 Å². The van der Waals surface area contributed by atoms with Crippen LogP contribution in [0.5, 0.6) is 0 Å². The number of hydrogen-bond acceptors (Lipinski definition) is 5. The van der Waals surface area contributed by atoms with Gasteiger partial charge in [0.1, 0.15) is 11.6 Å². The van der Waals surface area contributed by atoms with Crippen LogP contribution < -0.4 is 10.6 Å². The lowest BCUT2D eigenvalue weighted by Gasteiger charge is -2.17. The number of pyridine rings is 1. The summed E-state index contributed by atoms with van der Waals surface area (Å²) in [6.45, 7) is 2.51. The van der Waals surface area contributed by atoms with Crippen LogP contribution in [0.4, 0.5) is 16.0 Å². The molecule has 5 nitrogen and oxygen atoms in total. The first-order valence-corrected chi connectivity index (χ1v) is 9.20. The van der Waals surface area contributed by atoms with Gasteiger partial charge in [-0.15, -0.1) is 0 Å². The van der Waals surface area contributed by atoms with Gasteiger partial charge in [0.15, 0.2) is 11.6 Å². The summed E-state index contributed by atoms with van der Waals surface area (Å²) in [5.74, 6) is 0.776. The molecule has 27 heavy (non-hydrogen) atoms. The summed E-state index contributed by atoms with van der Waals surface area (Å²) < 4.78 is 14.3. The molecule has 0 saturated heterocycles. The summed E-state index contributed by atoms with van der Waals surface area (Å²) in [6, 6.07) is 9.08. The molecule has 1 aliphatic heterocycles. The van der Waals surface area contributed by atoms with Gasteiger partial charge in [-0.2, -0.15) is 0 Å². The molecule has 3 heterocycles. The topological polar surface area (TPSA) is 62.7 Å². The van der Waals surface area contributed by atoms with E-state index in [4.69, 9.17) is 23.2 Å². The normalized spacial score (nSPS) is 16.5. The Morgan fingerprint density at radius 3 is 2.70 bits per heavy atom. The van der Waals surface area contributed by atoms with Crippen LogP contribution in [0.1, 0.15) is 35.8 Å². The molecule has 3 aromatic rings. The highest BCUT2D eigenvalue weighted by Crippen LogP contribution is 2.35. The minimum absolute atomic E-state index is 0.141. The number of nitrogens with one attached hydrogen (secondary N) is 2. The average molecular weight is 404 g/mol. The first-order valence-electron chi connectivity index (χ1n) is 8.45. The number of nitrogens with zero attached hydrogens (tertiary/aromatic N) is 3. The number of aromatic nitrogens is 3. The molecule has 0 spiro atoms. The van der Waals surface area contributed by atoms with E-state index >= 15 is 0 Å². The van der Waals surface area contributed by atoms with Crippen LogP contribution in [0.15, 0.2) is 42.7 Å². The molecule has 2 aromatic heterocycles. The highest BCUT2D eigenvalue weighted by Gasteiger charge is 2.28. The molecule has 0 fully saturated rings. The Bertz CT molecular complexity index is 980. The van der Waals surface area contributed by atoms with E-state index < -0.39 is 5.82 Å². The monoisotopic (exact) mass is 403 g/mol. The van der Waals surface area contributed by atoms with E-state index in [1.165, 1.54) is 6.20 Å². The molecule has 2 N–H and O–H groups in total. The van der Waals surface area contributed by atoms with Gasteiger partial charge in [0.2, 0.25) is 0 Å². The summed E-state index contributed by atoms with van der Waals surface area (Å²) in [4.78, 5) is 12.9. The lowest BCUT2D eigenvalue weighted by Crippen LogP contribution is -2.14. The number of anilines is 2. The second-order valence-electron chi connectivity index (χ2n) is 6.37. The van der Waals surface area contributed by atoms with Crippen molar-refractivity contribution in [1.82, 2.24) is 15.0 Å². The zero-order valence-corrected chi connectivity index (χ0v) is 15.9. The van der Waals surface area contributed by atoms with E-state index in [-0.39, 0.29) is 17.8 Å². The van der Waals surface area contributed by atoms with E-state index in [1.54, 1.807) is 18.3 Å². The maximum atomic E-state index is 14.3. The van der Waals surface area contributed by atoms with Gasteiger partial charge in [0.25, 0.3) is 0 Å². The van der Waals surface area contributed by atoms with Crippen molar-refractivity contribution in [3.8, 4) is 0 Å². The fraction of sp³-hybridized carbons (Fsp3) is 0.211. The number of rotatable bonds is 4. The Morgan fingerprint density at radius 2 is 1.93 bits per heavy atom. The molecule has 138 valence electrons. The minimum atomic E-state index is -0.505. The quantitative estimate of drug-likeness (QED) is 0.638. The van der Waals surface area contributed by atoms with Crippen molar-refractivity contribution in [3.05, 3.63) is 75.5 Å². The second-order valence-corrected chi connectivity index (χ2v) is 7.24. The van der Waals surface area contributed by atoms with Crippen molar-refractivity contribution in [2.45, 2.75) is 18.9 Å². The number of fused-ring (bicyclic) bond motifs is 1. The molecule has 0 radical (unpaired) electrons. The van der Waals surface area contributed by atoms with Gasteiger partial charge in [-0.1, -0.05) is 35.3 Å². The van der Waals surface area contributed by atoms with Gasteiger partial charge in [-0.05, 0) is 30.7 Å². The van der Waals surface area contributed by atoms with Gasteiger partial charge in [-0.3, -0.25) is 0 Å². The Morgan fingerprint density at radius 1 is 1.15 bits per heavy atom. The fourth-order valence-electron chi connectivity index (χ4n) is 3.10. The summed E-state index contributed by atoms with van der Waals surface area (Å²) in [7, 11) is 0. The lowest BCUT2D eigenvalue weighted by molar-refractivity contribution is 0.606. The zero-order chi connectivity index (χ0) is 19.0. The fourth-order valence-corrected chi connectivity index (χ4v) is 3.39. The van der Waals surface area contributed by atoms with Crippen molar-refractivity contribution >= 4 is 34.8 Å². The SMILES string of the molecule is CC(Nc1nc(C2CNc3ncc(Cl)cc32)ncc1F)c1ccc(Cl)cc1. The third-order valence-corrected chi connectivity index (χ3v) is 4.99. The van der Waals surface area contributed by atoms with Crippen LogP contribution in [0.25, 0.3) is 0 Å². The highest BCUT2D eigenvalue weighted by atomic mass is 35.5.